The lowest BCUT2D eigenvalue weighted by Gasteiger charge is -2.39. The minimum atomic E-state index is 0.0468. The molecule has 1 fully saturated rings. The third-order valence-electron chi connectivity index (χ3n) is 6.35. The first-order chi connectivity index (χ1) is 15.9. The second-order valence-electron chi connectivity index (χ2n) is 9.70. The van der Waals surface area contributed by atoms with Crippen LogP contribution in [0.1, 0.15) is 43.5 Å². The highest BCUT2D eigenvalue weighted by Crippen LogP contribution is 2.29. The first kappa shape index (κ1) is 23.1. The molecule has 0 spiro atoms. The first-order valence-electron chi connectivity index (χ1n) is 11.8. The lowest BCUT2D eigenvalue weighted by atomic mass is 9.87. The van der Waals surface area contributed by atoms with Gasteiger partial charge in [0.2, 0.25) is 0 Å². The predicted octanol–water partition coefficient (Wildman–Crippen LogP) is 5.30. The number of benzene rings is 3. The van der Waals surface area contributed by atoms with Gasteiger partial charge in [0, 0.05) is 26.2 Å². The van der Waals surface area contributed by atoms with Gasteiger partial charge in [-0.25, -0.2) is 0 Å². The lowest BCUT2D eigenvalue weighted by molar-refractivity contribution is -0.135. The standard InChI is InChI=1S/C29H34N2O2/c1-29(2,3)25-14-16-26(17-15-25)33-22-27(32)30-18-20-31(21-19-30)28(23-10-6-4-7-11-23)24-12-8-5-9-13-24/h4-17,28H,18-22H2,1-3H3. The quantitative estimate of drug-likeness (QED) is 0.520. The summed E-state index contributed by atoms with van der Waals surface area (Å²) in [5.41, 5.74) is 3.92. The molecule has 1 saturated heterocycles. The highest BCUT2D eigenvalue weighted by Gasteiger charge is 2.28. The van der Waals surface area contributed by atoms with Gasteiger partial charge in [0.15, 0.2) is 6.61 Å². The van der Waals surface area contributed by atoms with Gasteiger partial charge in [0.25, 0.3) is 5.91 Å². The number of rotatable bonds is 6. The van der Waals surface area contributed by atoms with Crippen LogP contribution in [0.3, 0.4) is 0 Å². The summed E-state index contributed by atoms with van der Waals surface area (Å²) in [4.78, 5) is 17.2. The summed E-state index contributed by atoms with van der Waals surface area (Å²) in [5.74, 6) is 0.786. The van der Waals surface area contributed by atoms with Crippen LogP contribution in [0, 0.1) is 0 Å². The number of carbonyl (C=O) groups excluding carboxylic acids is 1. The minimum absolute atomic E-state index is 0.0468. The van der Waals surface area contributed by atoms with Gasteiger partial charge in [-0.1, -0.05) is 93.6 Å². The van der Waals surface area contributed by atoms with Crippen molar-refractivity contribution in [3.63, 3.8) is 0 Å². The van der Waals surface area contributed by atoms with Crippen LogP contribution < -0.4 is 4.74 Å². The van der Waals surface area contributed by atoms with Crippen molar-refractivity contribution in [3.8, 4) is 5.75 Å². The van der Waals surface area contributed by atoms with Crippen LogP contribution in [-0.2, 0) is 10.2 Å². The van der Waals surface area contributed by atoms with E-state index >= 15 is 0 Å². The summed E-state index contributed by atoms with van der Waals surface area (Å²) in [5, 5.41) is 0. The van der Waals surface area contributed by atoms with Crippen molar-refractivity contribution in [2.45, 2.75) is 32.2 Å². The predicted molar refractivity (Wildman–Crippen MR) is 134 cm³/mol. The summed E-state index contributed by atoms with van der Waals surface area (Å²) in [6.45, 7) is 9.73. The van der Waals surface area contributed by atoms with Crippen LogP contribution in [0.15, 0.2) is 84.9 Å². The van der Waals surface area contributed by atoms with Crippen molar-refractivity contribution in [2.24, 2.45) is 0 Å². The zero-order valence-corrected chi connectivity index (χ0v) is 19.9. The van der Waals surface area contributed by atoms with Crippen molar-refractivity contribution >= 4 is 5.91 Å². The Hall–Kier alpha value is -3.11. The second-order valence-corrected chi connectivity index (χ2v) is 9.70. The fourth-order valence-corrected chi connectivity index (χ4v) is 4.40. The average Bonchev–Trinajstić information content (AvgIpc) is 2.84. The van der Waals surface area contributed by atoms with E-state index in [9.17, 15) is 4.79 Å². The molecule has 3 aromatic carbocycles. The molecule has 172 valence electrons. The zero-order valence-electron chi connectivity index (χ0n) is 19.9. The Morgan fingerprint density at radius 3 is 1.79 bits per heavy atom. The molecule has 1 aliphatic rings. The summed E-state index contributed by atoms with van der Waals surface area (Å²) in [6, 6.07) is 29.5. The molecule has 0 atom stereocenters. The van der Waals surface area contributed by atoms with Gasteiger partial charge in [0.05, 0.1) is 6.04 Å². The molecule has 0 saturated carbocycles. The normalized spacial score (nSPS) is 15.0. The van der Waals surface area contributed by atoms with E-state index in [1.807, 2.05) is 17.0 Å². The van der Waals surface area contributed by atoms with Crippen LogP contribution >= 0.6 is 0 Å². The molecule has 4 nitrogen and oxygen atoms in total. The molecule has 4 heteroatoms. The number of carbonyl (C=O) groups is 1. The van der Waals surface area contributed by atoms with Crippen LogP contribution in [0.2, 0.25) is 0 Å². The van der Waals surface area contributed by atoms with Crippen LogP contribution in [-0.4, -0.2) is 48.5 Å². The summed E-state index contributed by atoms with van der Waals surface area (Å²) in [6.07, 6.45) is 0. The monoisotopic (exact) mass is 442 g/mol. The Kier molecular flexibility index (Phi) is 7.14. The highest BCUT2D eigenvalue weighted by molar-refractivity contribution is 5.77. The lowest BCUT2D eigenvalue weighted by Crippen LogP contribution is -2.51. The molecular weight excluding hydrogens is 408 g/mol. The Morgan fingerprint density at radius 2 is 1.30 bits per heavy atom. The Balaban J connectivity index is 1.35. The van der Waals surface area contributed by atoms with E-state index < -0.39 is 0 Å². The van der Waals surface area contributed by atoms with Gasteiger partial charge in [-0.05, 0) is 34.2 Å². The fourth-order valence-electron chi connectivity index (χ4n) is 4.40. The van der Waals surface area contributed by atoms with Gasteiger partial charge < -0.3 is 9.64 Å². The van der Waals surface area contributed by atoms with Crippen molar-refractivity contribution < 1.29 is 9.53 Å². The third kappa shape index (κ3) is 5.82. The maximum Gasteiger partial charge on any atom is 0.260 e. The third-order valence-corrected chi connectivity index (χ3v) is 6.35. The molecule has 0 aromatic heterocycles. The first-order valence-corrected chi connectivity index (χ1v) is 11.8. The number of ether oxygens (including phenoxy) is 1. The molecule has 0 radical (unpaired) electrons. The summed E-state index contributed by atoms with van der Waals surface area (Å²) < 4.78 is 5.80. The maximum absolute atomic E-state index is 12.8. The highest BCUT2D eigenvalue weighted by atomic mass is 16.5. The number of amides is 1. The molecule has 0 bridgehead atoms. The van der Waals surface area contributed by atoms with Crippen LogP contribution in [0.4, 0.5) is 0 Å². The van der Waals surface area contributed by atoms with Gasteiger partial charge in [-0.3, -0.25) is 9.69 Å². The van der Waals surface area contributed by atoms with Crippen molar-refractivity contribution in [1.82, 2.24) is 9.80 Å². The Morgan fingerprint density at radius 1 is 0.788 bits per heavy atom. The molecule has 0 unspecified atom stereocenters. The van der Waals surface area contributed by atoms with E-state index in [2.05, 4.69) is 98.5 Å². The molecule has 1 amide bonds. The Bertz CT molecular complexity index is 979. The van der Waals surface area contributed by atoms with Gasteiger partial charge >= 0.3 is 0 Å². The van der Waals surface area contributed by atoms with E-state index in [4.69, 9.17) is 4.74 Å². The SMILES string of the molecule is CC(C)(C)c1ccc(OCC(=O)N2CCN(C(c3ccccc3)c3ccccc3)CC2)cc1. The van der Waals surface area contributed by atoms with Crippen molar-refractivity contribution in [3.05, 3.63) is 102 Å². The van der Waals surface area contributed by atoms with Crippen molar-refractivity contribution in [1.29, 1.82) is 0 Å². The largest absolute Gasteiger partial charge is 0.484 e. The molecule has 33 heavy (non-hydrogen) atoms. The van der Waals surface area contributed by atoms with Gasteiger partial charge in [-0.2, -0.15) is 0 Å². The summed E-state index contributed by atoms with van der Waals surface area (Å²) >= 11 is 0. The molecular formula is C29H34N2O2. The van der Waals surface area contributed by atoms with E-state index in [-0.39, 0.29) is 24.0 Å². The van der Waals surface area contributed by atoms with Gasteiger partial charge in [0.1, 0.15) is 5.75 Å². The molecule has 3 aromatic rings. The summed E-state index contributed by atoms with van der Waals surface area (Å²) in [7, 11) is 0. The topological polar surface area (TPSA) is 32.8 Å². The average molecular weight is 443 g/mol. The van der Waals surface area contributed by atoms with E-state index in [0.29, 0.717) is 13.1 Å². The van der Waals surface area contributed by atoms with Gasteiger partial charge in [-0.15, -0.1) is 0 Å². The maximum atomic E-state index is 12.8. The fraction of sp³-hybridized carbons (Fsp3) is 0.345. The van der Waals surface area contributed by atoms with E-state index in [0.717, 1.165) is 18.8 Å². The number of hydrogen-bond donors (Lipinski definition) is 0. The number of piperazine rings is 1. The Labute approximate surface area is 197 Å². The number of nitrogens with zero attached hydrogens (tertiary/aromatic N) is 2. The second kappa shape index (κ2) is 10.2. The smallest absolute Gasteiger partial charge is 0.260 e. The molecule has 0 aliphatic carbocycles. The molecule has 1 heterocycles. The zero-order chi connectivity index (χ0) is 23.3. The molecule has 0 N–H and O–H groups in total. The molecule has 4 rings (SSSR count). The minimum Gasteiger partial charge on any atom is -0.484 e. The van der Waals surface area contributed by atoms with Crippen LogP contribution in [0.5, 0.6) is 5.75 Å². The van der Waals surface area contributed by atoms with Crippen LogP contribution in [0.25, 0.3) is 0 Å². The van der Waals surface area contributed by atoms with E-state index in [1.165, 1.54) is 16.7 Å². The number of hydrogen-bond acceptors (Lipinski definition) is 3. The van der Waals surface area contributed by atoms with Crippen molar-refractivity contribution in [2.75, 3.05) is 32.8 Å². The van der Waals surface area contributed by atoms with E-state index in [1.54, 1.807) is 0 Å². The molecule has 1 aliphatic heterocycles.